The smallest absolute Gasteiger partial charge is 0.422 e. The molecule has 0 radical (unpaired) electrons. The molecular weight excluding hydrogens is 462 g/mol. The van der Waals surface area contributed by atoms with E-state index in [-0.39, 0.29) is 13.1 Å². The van der Waals surface area contributed by atoms with E-state index in [1.165, 1.54) is 10.6 Å². The number of pyridine rings is 2. The van der Waals surface area contributed by atoms with E-state index >= 15 is 0 Å². The van der Waals surface area contributed by atoms with Crippen LogP contribution in [0.2, 0.25) is 0 Å². The summed E-state index contributed by atoms with van der Waals surface area (Å²) in [5.74, 6) is 1.12. The number of carbonyl (C=O) groups excluding carboxylic acids is 1. The molecule has 0 atom stereocenters. The highest BCUT2D eigenvalue weighted by Crippen LogP contribution is 2.30. The molecular formula is C21H27N7O5S. The van der Waals surface area contributed by atoms with Crippen LogP contribution >= 0.6 is 0 Å². The maximum atomic E-state index is 12.8. The first-order valence-electron chi connectivity index (χ1n) is 10.8. The monoisotopic (exact) mass is 489 g/mol. The largest absolute Gasteiger partial charge is 0.481 e. The van der Waals surface area contributed by atoms with Crippen molar-refractivity contribution in [2.45, 2.75) is 32.8 Å². The van der Waals surface area contributed by atoms with Gasteiger partial charge in [-0.1, -0.05) is 0 Å². The van der Waals surface area contributed by atoms with Crippen LogP contribution < -0.4 is 14.4 Å². The number of methoxy groups -OCH3 is 1. The zero-order valence-electron chi connectivity index (χ0n) is 19.5. The van der Waals surface area contributed by atoms with Crippen LogP contribution in [0, 0.1) is 0 Å². The van der Waals surface area contributed by atoms with Crippen LogP contribution in [-0.4, -0.2) is 77.6 Å². The molecule has 3 aromatic heterocycles. The molecule has 4 heterocycles. The number of ether oxygens (including phenoxy) is 2. The normalized spacial score (nSPS) is 15.8. The van der Waals surface area contributed by atoms with E-state index in [1.54, 1.807) is 40.1 Å². The molecule has 13 heteroatoms. The van der Waals surface area contributed by atoms with E-state index in [1.807, 2.05) is 15.7 Å². The molecule has 1 saturated heterocycles. The molecule has 4 rings (SSSR count). The van der Waals surface area contributed by atoms with Crippen molar-refractivity contribution in [1.29, 1.82) is 0 Å². The van der Waals surface area contributed by atoms with Gasteiger partial charge in [-0.05, 0) is 33.3 Å². The van der Waals surface area contributed by atoms with E-state index in [0.717, 1.165) is 10.8 Å². The third-order valence-electron chi connectivity index (χ3n) is 5.20. The van der Waals surface area contributed by atoms with E-state index in [0.29, 0.717) is 42.4 Å². The molecule has 0 aliphatic carbocycles. The SMILES string of the molecule is COc1ccc2c(ncc3ncnc(N4CCCN(S(=O)(=O)NC(=O)OC(C)(C)C)CC4)c32)n1. The van der Waals surface area contributed by atoms with Crippen LogP contribution in [0.15, 0.2) is 24.7 Å². The van der Waals surface area contributed by atoms with Gasteiger partial charge in [-0.25, -0.2) is 24.5 Å². The van der Waals surface area contributed by atoms with Gasteiger partial charge >= 0.3 is 16.3 Å². The van der Waals surface area contributed by atoms with Crippen molar-refractivity contribution in [1.82, 2.24) is 29.0 Å². The Bertz CT molecular complexity index is 1330. The van der Waals surface area contributed by atoms with Crippen LogP contribution in [0.1, 0.15) is 27.2 Å². The summed E-state index contributed by atoms with van der Waals surface area (Å²) in [5.41, 5.74) is 0.355. The van der Waals surface area contributed by atoms with Crippen molar-refractivity contribution in [3.8, 4) is 5.88 Å². The van der Waals surface area contributed by atoms with Crippen molar-refractivity contribution in [2.75, 3.05) is 38.2 Å². The summed E-state index contributed by atoms with van der Waals surface area (Å²) < 4.78 is 39.1. The van der Waals surface area contributed by atoms with E-state index in [4.69, 9.17) is 9.47 Å². The fourth-order valence-corrected chi connectivity index (χ4v) is 4.83. The number of nitrogens with zero attached hydrogens (tertiary/aromatic N) is 6. The highest BCUT2D eigenvalue weighted by Gasteiger charge is 2.29. The van der Waals surface area contributed by atoms with Crippen molar-refractivity contribution < 1.29 is 22.7 Å². The van der Waals surface area contributed by atoms with Crippen LogP contribution in [0.25, 0.3) is 21.9 Å². The molecule has 0 saturated carbocycles. The zero-order valence-corrected chi connectivity index (χ0v) is 20.3. The minimum Gasteiger partial charge on any atom is -0.481 e. The number of fused-ring (bicyclic) bond motifs is 3. The quantitative estimate of drug-likeness (QED) is 0.540. The third kappa shape index (κ3) is 5.09. The Kier molecular flexibility index (Phi) is 6.41. The van der Waals surface area contributed by atoms with Crippen LogP contribution in [0.3, 0.4) is 0 Å². The van der Waals surface area contributed by atoms with Gasteiger partial charge in [-0.2, -0.15) is 17.7 Å². The summed E-state index contributed by atoms with van der Waals surface area (Å²) in [6.07, 6.45) is 2.63. The average molecular weight is 490 g/mol. The summed E-state index contributed by atoms with van der Waals surface area (Å²) >= 11 is 0. The van der Waals surface area contributed by atoms with E-state index in [9.17, 15) is 13.2 Å². The van der Waals surface area contributed by atoms with Crippen molar-refractivity contribution >= 4 is 44.1 Å². The minimum atomic E-state index is -4.05. The number of amides is 1. The minimum absolute atomic E-state index is 0.165. The van der Waals surface area contributed by atoms with Crippen molar-refractivity contribution in [3.05, 3.63) is 24.7 Å². The van der Waals surface area contributed by atoms with Gasteiger partial charge in [0.15, 0.2) is 5.65 Å². The average Bonchev–Trinajstić information content (AvgIpc) is 3.03. The first kappa shape index (κ1) is 23.8. The predicted octanol–water partition coefficient (Wildman–Crippen LogP) is 1.86. The molecule has 0 unspecified atom stereocenters. The molecule has 1 N–H and O–H groups in total. The number of rotatable bonds is 4. The predicted molar refractivity (Wildman–Crippen MR) is 126 cm³/mol. The Balaban J connectivity index is 1.59. The van der Waals surface area contributed by atoms with Crippen LogP contribution in [0.4, 0.5) is 10.6 Å². The molecule has 0 bridgehead atoms. The molecule has 0 aromatic carbocycles. The fraction of sp³-hybridized carbons (Fsp3) is 0.476. The second-order valence-corrected chi connectivity index (χ2v) is 10.5. The number of anilines is 1. The molecule has 1 aliphatic rings. The first-order chi connectivity index (χ1) is 16.1. The summed E-state index contributed by atoms with van der Waals surface area (Å²) in [6.45, 7) is 6.35. The molecule has 1 fully saturated rings. The first-order valence-corrected chi connectivity index (χ1v) is 12.2. The Hall–Kier alpha value is -3.32. The topological polar surface area (TPSA) is 140 Å². The van der Waals surface area contributed by atoms with Crippen LogP contribution in [0.5, 0.6) is 5.88 Å². The second-order valence-electron chi connectivity index (χ2n) is 8.79. The lowest BCUT2D eigenvalue weighted by Crippen LogP contribution is -2.46. The highest BCUT2D eigenvalue weighted by molar-refractivity contribution is 7.87. The Labute approximate surface area is 197 Å². The zero-order chi connectivity index (χ0) is 24.5. The maximum absolute atomic E-state index is 12.8. The lowest BCUT2D eigenvalue weighted by molar-refractivity contribution is 0.0567. The maximum Gasteiger partial charge on any atom is 0.422 e. The molecule has 182 valence electrons. The number of carbonyl (C=O) groups is 1. The van der Waals surface area contributed by atoms with E-state index in [2.05, 4.69) is 19.9 Å². The molecule has 0 spiro atoms. The van der Waals surface area contributed by atoms with Crippen molar-refractivity contribution in [3.63, 3.8) is 0 Å². The fourth-order valence-electron chi connectivity index (χ4n) is 3.76. The van der Waals surface area contributed by atoms with Gasteiger partial charge < -0.3 is 14.4 Å². The Morgan fingerprint density at radius 2 is 1.88 bits per heavy atom. The molecule has 3 aromatic rings. The number of hydrogen-bond donors (Lipinski definition) is 1. The van der Waals surface area contributed by atoms with Gasteiger partial charge in [-0.3, -0.25) is 0 Å². The second kappa shape index (κ2) is 9.14. The molecule has 1 aliphatic heterocycles. The highest BCUT2D eigenvalue weighted by atomic mass is 32.2. The van der Waals surface area contributed by atoms with Gasteiger partial charge in [-0.15, -0.1) is 0 Å². The standard InChI is InChI=1S/C21H27N7O5S/c1-21(2,3)33-20(29)26-34(30,31)28-9-5-8-27(10-11-28)19-17-14-6-7-16(32-4)25-18(14)22-12-15(17)23-13-24-19/h6-7,12-13H,5,8-11H2,1-4H3,(H,26,29). The molecule has 34 heavy (non-hydrogen) atoms. The van der Waals surface area contributed by atoms with Crippen molar-refractivity contribution in [2.24, 2.45) is 0 Å². The summed E-state index contributed by atoms with van der Waals surface area (Å²) in [6, 6.07) is 3.61. The number of nitrogens with one attached hydrogen (secondary N) is 1. The van der Waals surface area contributed by atoms with Gasteiger partial charge in [0.2, 0.25) is 5.88 Å². The Morgan fingerprint density at radius 1 is 1.09 bits per heavy atom. The molecule has 12 nitrogen and oxygen atoms in total. The Morgan fingerprint density at radius 3 is 2.62 bits per heavy atom. The van der Waals surface area contributed by atoms with Gasteiger partial charge in [0.05, 0.1) is 24.2 Å². The van der Waals surface area contributed by atoms with Crippen LogP contribution in [-0.2, 0) is 14.9 Å². The van der Waals surface area contributed by atoms with E-state index < -0.39 is 21.9 Å². The third-order valence-corrected chi connectivity index (χ3v) is 6.67. The summed E-state index contributed by atoms with van der Waals surface area (Å²) in [4.78, 5) is 31.7. The van der Waals surface area contributed by atoms with Gasteiger partial charge in [0.1, 0.15) is 17.7 Å². The molecule has 1 amide bonds. The number of aromatic nitrogens is 4. The lowest BCUT2D eigenvalue weighted by Gasteiger charge is -2.24. The lowest BCUT2D eigenvalue weighted by atomic mass is 10.1. The summed E-state index contributed by atoms with van der Waals surface area (Å²) in [5, 5.41) is 1.56. The van der Waals surface area contributed by atoms with Gasteiger partial charge in [0.25, 0.3) is 0 Å². The van der Waals surface area contributed by atoms with Gasteiger partial charge in [0, 0.05) is 37.6 Å². The summed E-state index contributed by atoms with van der Waals surface area (Å²) in [7, 11) is -2.51. The number of hydrogen-bond acceptors (Lipinski definition) is 10.